The summed E-state index contributed by atoms with van der Waals surface area (Å²) in [5.41, 5.74) is 6.68. The second-order valence-electron chi connectivity index (χ2n) is 11.8. The van der Waals surface area contributed by atoms with E-state index in [0.717, 1.165) is 72.6 Å². The molecule has 2 saturated heterocycles. The maximum atomic E-state index is 12.9. The summed E-state index contributed by atoms with van der Waals surface area (Å²) in [6.07, 6.45) is 0.0649. The summed E-state index contributed by atoms with van der Waals surface area (Å²) in [6.45, 7) is 4.29. The molecule has 4 aromatic carbocycles. The van der Waals surface area contributed by atoms with Crippen molar-refractivity contribution in [2.75, 3.05) is 32.8 Å². The van der Waals surface area contributed by atoms with Gasteiger partial charge >= 0.3 is 0 Å². The minimum absolute atomic E-state index is 0.00915. The molecule has 3 unspecified atom stereocenters. The van der Waals surface area contributed by atoms with E-state index in [4.69, 9.17) is 14.2 Å². The monoisotopic (exact) mass is 604 g/mol. The number of aliphatic hydroxyl groups is 1. The first kappa shape index (κ1) is 29.5. The lowest BCUT2D eigenvalue weighted by Gasteiger charge is -2.39. The standard InChI is InChI=1S/C37H36N2O6/c40-24-25-8-10-28(11-9-25)34-21-31(23-38-16-18-43-19-17-38)44-37(45-34)29-14-12-27(13-15-29)30-5-3-4-26(20-30)22-39-35(41)32-6-1-2-7-33(32)36(39)42/h1-15,20,31,34,37,40H,16-19,21-24H2. The van der Waals surface area contributed by atoms with Gasteiger partial charge in [0.25, 0.3) is 11.8 Å². The number of carbonyl (C=O) groups is 2. The van der Waals surface area contributed by atoms with Gasteiger partial charge in [-0.3, -0.25) is 19.4 Å². The van der Waals surface area contributed by atoms with Crippen LogP contribution in [0.2, 0.25) is 0 Å². The Morgan fingerprint density at radius 2 is 1.40 bits per heavy atom. The molecule has 230 valence electrons. The normalized spacial score (nSPS) is 22.1. The zero-order chi connectivity index (χ0) is 30.8. The molecule has 2 fully saturated rings. The van der Waals surface area contributed by atoms with E-state index >= 15 is 0 Å². The molecule has 0 bridgehead atoms. The molecule has 0 saturated carbocycles. The van der Waals surface area contributed by atoms with E-state index < -0.39 is 6.29 Å². The summed E-state index contributed by atoms with van der Waals surface area (Å²) in [6, 6.07) is 31.0. The maximum absolute atomic E-state index is 12.9. The lowest BCUT2D eigenvalue weighted by atomic mass is 9.99. The van der Waals surface area contributed by atoms with Crippen LogP contribution in [0.5, 0.6) is 0 Å². The van der Waals surface area contributed by atoms with Crippen LogP contribution >= 0.6 is 0 Å². The number of imide groups is 1. The summed E-state index contributed by atoms with van der Waals surface area (Å²) in [7, 11) is 0. The molecule has 0 aliphatic carbocycles. The number of nitrogens with zero attached hydrogens (tertiary/aromatic N) is 2. The van der Waals surface area contributed by atoms with E-state index in [1.54, 1.807) is 24.3 Å². The van der Waals surface area contributed by atoms with Gasteiger partial charge in [-0.15, -0.1) is 0 Å². The van der Waals surface area contributed by atoms with Crippen molar-refractivity contribution < 1.29 is 28.9 Å². The molecule has 8 heteroatoms. The number of hydrogen-bond acceptors (Lipinski definition) is 7. The second kappa shape index (κ2) is 13.0. The Morgan fingerprint density at radius 3 is 2.09 bits per heavy atom. The molecule has 3 aliphatic heterocycles. The van der Waals surface area contributed by atoms with Crippen molar-refractivity contribution in [2.24, 2.45) is 0 Å². The first-order chi connectivity index (χ1) is 22.1. The van der Waals surface area contributed by atoms with Crippen molar-refractivity contribution in [3.05, 3.63) is 130 Å². The van der Waals surface area contributed by atoms with E-state index in [-0.39, 0.29) is 37.2 Å². The molecule has 0 aromatic heterocycles. The number of aliphatic hydroxyl groups excluding tert-OH is 1. The molecular formula is C37H36N2O6. The molecule has 4 aromatic rings. The predicted molar refractivity (Wildman–Crippen MR) is 168 cm³/mol. The molecule has 0 spiro atoms. The van der Waals surface area contributed by atoms with Crippen molar-refractivity contribution in [2.45, 2.75) is 38.1 Å². The first-order valence-electron chi connectivity index (χ1n) is 15.5. The predicted octanol–water partition coefficient (Wildman–Crippen LogP) is 5.52. The molecule has 2 amide bonds. The fourth-order valence-corrected chi connectivity index (χ4v) is 6.35. The highest BCUT2D eigenvalue weighted by molar-refractivity contribution is 6.21. The topological polar surface area (TPSA) is 88.5 Å². The summed E-state index contributed by atoms with van der Waals surface area (Å²) >= 11 is 0. The lowest BCUT2D eigenvalue weighted by Crippen LogP contribution is -2.44. The van der Waals surface area contributed by atoms with Gasteiger partial charge in [0.05, 0.1) is 49.7 Å². The molecular weight excluding hydrogens is 568 g/mol. The van der Waals surface area contributed by atoms with Gasteiger partial charge in [0.2, 0.25) is 0 Å². The van der Waals surface area contributed by atoms with Crippen molar-refractivity contribution >= 4 is 11.8 Å². The molecule has 8 nitrogen and oxygen atoms in total. The van der Waals surface area contributed by atoms with Crippen LogP contribution < -0.4 is 0 Å². The van der Waals surface area contributed by atoms with Gasteiger partial charge in [-0.2, -0.15) is 0 Å². The zero-order valence-corrected chi connectivity index (χ0v) is 25.0. The third kappa shape index (κ3) is 6.33. The summed E-state index contributed by atoms with van der Waals surface area (Å²) < 4.78 is 18.6. The second-order valence-corrected chi connectivity index (χ2v) is 11.8. The number of fused-ring (bicyclic) bond motifs is 1. The first-order valence-corrected chi connectivity index (χ1v) is 15.5. The van der Waals surface area contributed by atoms with Crippen LogP contribution in [0.15, 0.2) is 97.1 Å². The maximum Gasteiger partial charge on any atom is 0.261 e. The summed E-state index contributed by atoms with van der Waals surface area (Å²) in [5, 5.41) is 9.50. The minimum atomic E-state index is -0.526. The molecule has 3 atom stereocenters. The van der Waals surface area contributed by atoms with Gasteiger partial charge in [-0.05, 0) is 46.0 Å². The number of carbonyl (C=O) groups excluding carboxylic acids is 2. The number of hydrogen-bond donors (Lipinski definition) is 1. The Bertz CT molecular complexity index is 1630. The van der Waals surface area contributed by atoms with Crippen LogP contribution in [0.1, 0.15) is 61.8 Å². The third-order valence-electron chi connectivity index (χ3n) is 8.84. The number of amides is 2. The smallest absolute Gasteiger partial charge is 0.261 e. The van der Waals surface area contributed by atoms with Gasteiger partial charge in [0.1, 0.15) is 0 Å². The Morgan fingerprint density at radius 1 is 0.711 bits per heavy atom. The molecule has 3 heterocycles. The van der Waals surface area contributed by atoms with Gasteiger partial charge in [0.15, 0.2) is 6.29 Å². The summed E-state index contributed by atoms with van der Waals surface area (Å²) in [4.78, 5) is 29.5. The van der Waals surface area contributed by atoms with Gasteiger partial charge < -0.3 is 19.3 Å². The van der Waals surface area contributed by atoms with E-state index in [9.17, 15) is 14.7 Å². The fraction of sp³-hybridized carbons (Fsp3) is 0.297. The minimum Gasteiger partial charge on any atom is -0.392 e. The fourth-order valence-electron chi connectivity index (χ4n) is 6.35. The SMILES string of the molecule is O=C1c2ccccc2C(=O)N1Cc1cccc(-c2ccc(C3OC(CN4CCOCC4)CC(c4ccc(CO)cc4)O3)cc2)c1. The number of rotatable bonds is 8. The van der Waals surface area contributed by atoms with Gasteiger partial charge in [-0.1, -0.05) is 78.9 Å². The molecule has 3 aliphatic rings. The highest BCUT2D eigenvalue weighted by atomic mass is 16.7. The molecule has 45 heavy (non-hydrogen) atoms. The molecule has 1 N–H and O–H groups in total. The van der Waals surface area contributed by atoms with Crippen molar-refractivity contribution in [3.8, 4) is 11.1 Å². The number of ether oxygens (including phenoxy) is 3. The third-order valence-corrected chi connectivity index (χ3v) is 8.84. The summed E-state index contributed by atoms with van der Waals surface area (Å²) in [5.74, 6) is -0.514. The largest absolute Gasteiger partial charge is 0.392 e. The van der Waals surface area contributed by atoms with Crippen molar-refractivity contribution in [1.82, 2.24) is 9.80 Å². The highest BCUT2D eigenvalue weighted by Crippen LogP contribution is 2.39. The van der Waals surface area contributed by atoms with E-state index in [1.165, 1.54) is 4.90 Å². The Hall–Kier alpha value is -4.18. The van der Waals surface area contributed by atoms with E-state index in [1.807, 2.05) is 60.7 Å². The van der Waals surface area contributed by atoms with Crippen molar-refractivity contribution in [3.63, 3.8) is 0 Å². The molecule has 7 rings (SSSR count). The highest BCUT2D eigenvalue weighted by Gasteiger charge is 2.35. The Labute approximate surface area is 262 Å². The van der Waals surface area contributed by atoms with Crippen LogP contribution in [0.3, 0.4) is 0 Å². The van der Waals surface area contributed by atoms with Crippen LogP contribution in [-0.2, 0) is 27.4 Å². The zero-order valence-electron chi connectivity index (χ0n) is 25.0. The Kier molecular flexibility index (Phi) is 8.56. The average Bonchev–Trinajstić information content (AvgIpc) is 3.33. The van der Waals surface area contributed by atoms with Crippen LogP contribution in [-0.4, -0.2) is 65.7 Å². The van der Waals surface area contributed by atoms with Gasteiger partial charge in [0, 0.05) is 31.6 Å². The van der Waals surface area contributed by atoms with E-state index in [0.29, 0.717) is 11.1 Å². The molecule has 0 radical (unpaired) electrons. The average molecular weight is 605 g/mol. The van der Waals surface area contributed by atoms with Crippen LogP contribution in [0.25, 0.3) is 11.1 Å². The Balaban J connectivity index is 1.08. The number of morpholine rings is 1. The van der Waals surface area contributed by atoms with Gasteiger partial charge in [-0.25, -0.2) is 0 Å². The lowest BCUT2D eigenvalue weighted by molar-refractivity contribution is -0.253. The van der Waals surface area contributed by atoms with Crippen molar-refractivity contribution in [1.29, 1.82) is 0 Å². The quantitative estimate of drug-likeness (QED) is 0.265. The van der Waals surface area contributed by atoms with E-state index in [2.05, 4.69) is 17.0 Å². The van der Waals surface area contributed by atoms with Crippen LogP contribution in [0, 0.1) is 0 Å². The number of benzene rings is 4. The van der Waals surface area contributed by atoms with Crippen LogP contribution in [0.4, 0.5) is 0 Å².